The molecular formula is C28H19BrClN3O5S2. The maximum Gasteiger partial charge on any atom is 0.305 e. The van der Waals surface area contributed by atoms with Crippen molar-refractivity contribution in [3.05, 3.63) is 102 Å². The number of imide groups is 1. The predicted octanol–water partition coefficient (Wildman–Crippen LogP) is 5.67. The van der Waals surface area contributed by atoms with Gasteiger partial charge in [0.15, 0.2) is 6.61 Å². The van der Waals surface area contributed by atoms with Crippen LogP contribution in [0.15, 0.2) is 87.1 Å². The number of aromatic nitrogens is 1. The number of nitrogens with zero attached hydrogens (tertiary/aromatic N) is 1. The number of benzene rings is 3. The van der Waals surface area contributed by atoms with Crippen LogP contribution in [-0.4, -0.2) is 34.6 Å². The molecule has 3 aromatic carbocycles. The molecule has 1 aromatic heterocycles. The van der Waals surface area contributed by atoms with Crippen LogP contribution in [0.5, 0.6) is 5.75 Å². The Balaban J connectivity index is 1.24. The van der Waals surface area contributed by atoms with E-state index in [0.717, 1.165) is 26.3 Å². The molecule has 202 valence electrons. The molecule has 0 radical (unpaired) electrons. The smallest absolute Gasteiger partial charge is 0.305 e. The SMILES string of the molecule is O=C(COc1ccc([C@H]2c3sc(=O)[nH]c3SC3C(=O)N(c4ccc(Br)cc4)C(=O)C32)cc1)Nc1ccc(Cl)cc1. The quantitative estimate of drug-likeness (QED) is 0.259. The number of H-pyrrole nitrogens is 1. The van der Waals surface area contributed by atoms with Crippen molar-refractivity contribution in [1.82, 2.24) is 4.98 Å². The molecule has 0 spiro atoms. The van der Waals surface area contributed by atoms with E-state index in [0.29, 0.717) is 27.2 Å². The van der Waals surface area contributed by atoms with Gasteiger partial charge in [0.1, 0.15) is 11.0 Å². The average molecular weight is 657 g/mol. The van der Waals surface area contributed by atoms with Crippen LogP contribution in [0.3, 0.4) is 0 Å². The molecule has 3 heterocycles. The van der Waals surface area contributed by atoms with Gasteiger partial charge in [0.2, 0.25) is 11.8 Å². The molecule has 8 nitrogen and oxygen atoms in total. The second kappa shape index (κ2) is 10.9. The zero-order chi connectivity index (χ0) is 28.0. The van der Waals surface area contributed by atoms with Crippen LogP contribution in [0.1, 0.15) is 16.4 Å². The molecule has 0 saturated carbocycles. The lowest BCUT2D eigenvalue weighted by Gasteiger charge is -2.29. The summed E-state index contributed by atoms with van der Waals surface area (Å²) in [4.78, 5) is 56.4. The van der Waals surface area contributed by atoms with Gasteiger partial charge in [-0.3, -0.25) is 19.2 Å². The number of hydrogen-bond acceptors (Lipinski definition) is 7. The maximum absolute atomic E-state index is 13.8. The van der Waals surface area contributed by atoms with Crippen molar-refractivity contribution in [2.45, 2.75) is 16.2 Å². The molecule has 0 aliphatic carbocycles. The number of thioether (sulfide) groups is 1. The number of anilines is 2. The Kier molecular flexibility index (Phi) is 7.30. The van der Waals surface area contributed by atoms with Gasteiger partial charge >= 0.3 is 4.87 Å². The number of carbonyl (C=O) groups is 3. The molecule has 2 N–H and O–H groups in total. The van der Waals surface area contributed by atoms with Gasteiger partial charge in [-0.1, -0.05) is 62.8 Å². The molecule has 1 saturated heterocycles. The highest BCUT2D eigenvalue weighted by molar-refractivity contribution is 9.10. The number of carbonyl (C=O) groups excluding carboxylic acids is 3. The van der Waals surface area contributed by atoms with Crippen LogP contribution < -0.4 is 19.8 Å². The molecule has 12 heteroatoms. The van der Waals surface area contributed by atoms with Gasteiger partial charge in [-0.05, 0) is 66.2 Å². The average Bonchev–Trinajstić information content (AvgIpc) is 3.44. The normalized spacial score (nSPS) is 19.8. The molecule has 1 fully saturated rings. The highest BCUT2D eigenvalue weighted by Gasteiger charge is 2.56. The number of thiazole rings is 1. The van der Waals surface area contributed by atoms with E-state index in [1.165, 1.54) is 16.7 Å². The first-order valence-electron chi connectivity index (χ1n) is 12.1. The number of amides is 3. The Bertz CT molecular complexity index is 1670. The van der Waals surface area contributed by atoms with Crippen molar-refractivity contribution >= 4 is 79.7 Å². The number of hydrogen-bond donors (Lipinski definition) is 2. The minimum Gasteiger partial charge on any atom is -0.484 e. The van der Waals surface area contributed by atoms with Crippen molar-refractivity contribution in [3.63, 3.8) is 0 Å². The first-order valence-corrected chi connectivity index (χ1v) is 15.0. The van der Waals surface area contributed by atoms with Crippen molar-refractivity contribution in [1.29, 1.82) is 0 Å². The van der Waals surface area contributed by atoms with E-state index in [4.69, 9.17) is 16.3 Å². The zero-order valence-electron chi connectivity index (χ0n) is 20.4. The van der Waals surface area contributed by atoms with Crippen molar-refractivity contribution in [2.24, 2.45) is 5.92 Å². The second-order valence-corrected chi connectivity index (χ2v) is 12.7. The summed E-state index contributed by atoms with van der Waals surface area (Å²) in [7, 11) is 0. The van der Waals surface area contributed by atoms with Crippen LogP contribution in [0.2, 0.25) is 5.02 Å². The van der Waals surface area contributed by atoms with E-state index in [-0.39, 0.29) is 29.2 Å². The third-order valence-corrected chi connectivity index (χ3v) is 9.83. The predicted molar refractivity (Wildman–Crippen MR) is 159 cm³/mol. The number of halogens is 2. The van der Waals surface area contributed by atoms with Crippen molar-refractivity contribution in [3.8, 4) is 5.75 Å². The van der Waals surface area contributed by atoms with E-state index in [1.54, 1.807) is 72.8 Å². The van der Waals surface area contributed by atoms with Crippen molar-refractivity contribution in [2.75, 3.05) is 16.8 Å². The first-order chi connectivity index (χ1) is 19.3. The summed E-state index contributed by atoms with van der Waals surface area (Å²) in [6, 6.07) is 20.8. The van der Waals surface area contributed by atoms with E-state index >= 15 is 0 Å². The molecule has 0 bridgehead atoms. The summed E-state index contributed by atoms with van der Waals surface area (Å²) in [5.41, 5.74) is 1.88. The van der Waals surface area contributed by atoms with Crippen LogP contribution >= 0.6 is 50.6 Å². The van der Waals surface area contributed by atoms with E-state index in [9.17, 15) is 19.2 Å². The molecule has 6 rings (SSSR count). The lowest BCUT2D eigenvalue weighted by atomic mass is 9.83. The van der Waals surface area contributed by atoms with E-state index < -0.39 is 17.1 Å². The topological polar surface area (TPSA) is 109 Å². The Hall–Kier alpha value is -3.38. The van der Waals surface area contributed by atoms with Gasteiger partial charge in [-0.15, -0.1) is 0 Å². The van der Waals surface area contributed by atoms with E-state index in [1.807, 2.05) is 0 Å². The standard InChI is InChI=1S/C28H19BrClN3O5S2/c29-15-3-9-18(10-4-15)33-26(35)22-21(23-25(32-28(37)40-23)39-24(22)27(33)36)14-1-11-19(12-2-14)38-13-20(34)31-17-7-5-16(30)6-8-17/h1-12,21-22,24H,13H2,(H,31,34)(H,32,37)/t21-,22?,24?/m1/s1. The monoisotopic (exact) mass is 655 g/mol. The Morgan fingerprint density at radius 1 is 0.975 bits per heavy atom. The summed E-state index contributed by atoms with van der Waals surface area (Å²) < 4.78 is 6.50. The summed E-state index contributed by atoms with van der Waals surface area (Å²) in [6.45, 7) is -0.203. The highest BCUT2D eigenvalue weighted by Crippen LogP contribution is 2.53. The summed E-state index contributed by atoms with van der Waals surface area (Å²) >= 11 is 11.5. The van der Waals surface area contributed by atoms with Crippen molar-refractivity contribution < 1.29 is 19.1 Å². The third kappa shape index (κ3) is 5.10. The number of fused-ring (bicyclic) bond motifs is 2. The largest absolute Gasteiger partial charge is 0.484 e. The van der Waals surface area contributed by atoms with E-state index in [2.05, 4.69) is 26.2 Å². The van der Waals surface area contributed by atoms with Gasteiger partial charge in [0.05, 0.1) is 16.6 Å². The van der Waals surface area contributed by atoms with Gasteiger partial charge in [-0.2, -0.15) is 0 Å². The molecule has 4 aromatic rings. The van der Waals surface area contributed by atoms with Gasteiger partial charge < -0.3 is 15.0 Å². The fourth-order valence-electron chi connectivity index (χ4n) is 4.87. The van der Waals surface area contributed by atoms with Gasteiger partial charge in [-0.25, -0.2) is 4.90 Å². The van der Waals surface area contributed by atoms with Crippen LogP contribution in [0, 0.1) is 5.92 Å². The fraction of sp³-hybridized carbons (Fsp3) is 0.143. The molecular weight excluding hydrogens is 638 g/mol. The molecule has 3 atom stereocenters. The molecule has 2 unspecified atom stereocenters. The Labute approximate surface area is 249 Å². The van der Waals surface area contributed by atoms with Crippen LogP contribution in [0.4, 0.5) is 11.4 Å². The Morgan fingerprint density at radius 2 is 1.68 bits per heavy atom. The highest BCUT2D eigenvalue weighted by atomic mass is 79.9. The fourth-order valence-corrected chi connectivity index (χ4v) is 7.78. The number of ether oxygens (including phenoxy) is 1. The zero-order valence-corrected chi connectivity index (χ0v) is 24.4. The molecule has 3 amide bonds. The minimum atomic E-state index is -0.683. The number of aromatic amines is 1. The second-order valence-electron chi connectivity index (χ2n) is 9.15. The summed E-state index contributed by atoms with van der Waals surface area (Å²) in [5.74, 6) is -1.66. The number of rotatable bonds is 6. The van der Waals surface area contributed by atoms with Gasteiger partial charge in [0, 0.05) is 26.0 Å². The lowest BCUT2D eigenvalue weighted by Crippen LogP contribution is -2.32. The maximum atomic E-state index is 13.8. The number of nitrogens with one attached hydrogen (secondary N) is 2. The molecule has 2 aliphatic rings. The molecule has 2 aliphatic heterocycles. The van der Waals surface area contributed by atoms with Crippen LogP contribution in [-0.2, 0) is 14.4 Å². The summed E-state index contributed by atoms with van der Waals surface area (Å²) in [6.07, 6.45) is 0. The first kappa shape index (κ1) is 26.8. The van der Waals surface area contributed by atoms with Crippen LogP contribution in [0.25, 0.3) is 0 Å². The third-order valence-electron chi connectivity index (χ3n) is 6.65. The lowest BCUT2D eigenvalue weighted by molar-refractivity contribution is -0.122. The molecule has 40 heavy (non-hydrogen) atoms. The minimum absolute atomic E-state index is 0.203. The Morgan fingerprint density at radius 3 is 2.38 bits per heavy atom. The summed E-state index contributed by atoms with van der Waals surface area (Å²) in [5, 5.41) is 3.24. The van der Waals surface area contributed by atoms with Gasteiger partial charge in [0.25, 0.3) is 5.91 Å².